The summed E-state index contributed by atoms with van der Waals surface area (Å²) in [6.45, 7) is 4.96. The van der Waals surface area contributed by atoms with Crippen molar-refractivity contribution in [2.75, 3.05) is 7.11 Å². The van der Waals surface area contributed by atoms with Gasteiger partial charge in [0.25, 0.3) is 0 Å². The van der Waals surface area contributed by atoms with Crippen molar-refractivity contribution in [2.24, 2.45) is 5.92 Å². The van der Waals surface area contributed by atoms with Gasteiger partial charge in [-0.2, -0.15) is 5.10 Å². The van der Waals surface area contributed by atoms with Crippen molar-refractivity contribution >= 4 is 0 Å². The maximum atomic E-state index is 5.47. The third-order valence-electron chi connectivity index (χ3n) is 3.58. The summed E-state index contributed by atoms with van der Waals surface area (Å²) in [7, 11) is 1.66. The number of hydrogen-bond acceptors (Lipinski definition) is 6. The molecule has 126 valence electrons. The number of nitrogens with zero attached hydrogens (tertiary/aromatic N) is 7. The molecule has 8 heteroatoms. The molecule has 0 atom stereocenters. The highest BCUT2D eigenvalue weighted by Crippen LogP contribution is 2.23. The van der Waals surface area contributed by atoms with Gasteiger partial charge in [0.2, 0.25) is 0 Å². The zero-order valence-corrected chi connectivity index (χ0v) is 14.1. The molecule has 2 aromatic heterocycles. The van der Waals surface area contributed by atoms with Gasteiger partial charge in [-0.05, 0) is 28.5 Å². The lowest BCUT2D eigenvalue weighted by Gasteiger charge is -2.10. The Kier molecular flexibility index (Phi) is 4.83. The van der Waals surface area contributed by atoms with Gasteiger partial charge >= 0.3 is 0 Å². The van der Waals surface area contributed by atoms with E-state index in [4.69, 9.17) is 14.8 Å². The van der Waals surface area contributed by atoms with Gasteiger partial charge in [-0.25, -0.2) is 14.3 Å². The largest absolute Gasteiger partial charge is 0.494 e. The number of tetrazole rings is 1. The molecule has 0 aliphatic rings. The van der Waals surface area contributed by atoms with Crippen molar-refractivity contribution in [3.05, 3.63) is 42.2 Å². The molecule has 0 spiro atoms. The van der Waals surface area contributed by atoms with Crippen molar-refractivity contribution in [2.45, 2.75) is 33.2 Å². The van der Waals surface area contributed by atoms with Gasteiger partial charge in [0.15, 0.2) is 5.82 Å². The van der Waals surface area contributed by atoms with Crippen LogP contribution in [0.1, 0.15) is 25.5 Å². The van der Waals surface area contributed by atoms with Crippen LogP contribution in [0, 0.1) is 5.92 Å². The minimum atomic E-state index is 0.492. The number of hydrogen-bond donors (Lipinski definition) is 0. The quantitative estimate of drug-likeness (QED) is 0.657. The van der Waals surface area contributed by atoms with Crippen LogP contribution < -0.4 is 4.74 Å². The average Bonchev–Trinajstić information content (AvgIpc) is 3.21. The predicted octanol–water partition coefficient (Wildman–Crippen LogP) is 1.70. The van der Waals surface area contributed by atoms with Crippen LogP contribution >= 0.6 is 0 Å². The molecule has 0 aliphatic heterocycles. The summed E-state index contributed by atoms with van der Waals surface area (Å²) in [6.07, 6.45) is 3.10. The SMILES string of the molecule is COc1ccccc1-n1nc(CC(C)C)nc1CCn1cnnn1. The van der Waals surface area contributed by atoms with Crippen LogP contribution in [0.2, 0.25) is 0 Å². The molecule has 1 aromatic carbocycles. The number of para-hydroxylation sites is 2. The van der Waals surface area contributed by atoms with Gasteiger partial charge in [-0.1, -0.05) is 26.0 Å². The Morgan fingerprint density at radius 2 is 2.04 bits per heavy atom. The van der Waals surface area contributed by atoms with Gasteiger partial charge in [-0.3, -0.25) is 0 Å². The van der Waals surface area contributed by atoms with Crippen LogP contribution in [0.25, 0.3) is 5.69 Å². The zero-order valence-electron chi connectivity index (χ0n) is 14.1. The molecule has 0 N–H and O–H groups in total. The van der Waals surface area contributed by atoms with Gasteiger partial charge < -0.3 is 4.74 Å². The highest BCUT2D eigenvalue weighted by atomic mass is 16.5. The van der Waals surface area contributed by atoms with E-state index >= 15 is 0 Å². The first kappa shape index (κ1) is 16.1. The molecule has 0 amide bonds. The Hall–Kier alpha value is -2.77. The van der Waals surface area contributed by atoms with Gasteiger partial charge in [-0.15, -0.1) is 5.10 Å². The van der Waals surface area contributed by atoms with E-state index in [0.717, 1.165) is 29.5 Å². The van der Waals surface area contributed by atoms with Gasteiger partial charge in [0.05, 0.1) is 13.7 Å². The molecule has 0 saturated carbocycles. The van der Waals surface area contributed by atoms with E-state index in [1.54, 1.807) is 18.1 Å². The second-order valence-corrected chi connectivity index (χ2v) is 5.95. The molecule has 24 heavy (non-hydrogen) atoms. The van der Waals surface area contributed by atoms with Gasteiger partial charge in [0, 0.05) is 12.8 Å². The second-order valence-electron chi connectivity index (χ2n) is 5.95. The number of ether oxygens (including phenoxy) is 1. The summed E-state index contributed by atoms with van der Waals surface area (Å²) in [6, 6.07) is 7.80. The Balaban J connectivity index is 1.94. The Morgan fingerprint density at radius 3 is 2.75 bits per heavy atom. The molecule has 3 rings (SSSR count). The van der Waals surface area contributed by atoms with E-state index < -0.39 is 0 Å². The van der Waals surface area contributed by atoms with Crippen LogP contribution in [0.4, 0.5) is 0 Å². The minimum Gasteiger partial charge on any atom is -0.494 e. The number of aryl methyl sites for hydroxylation is 2. The summed E-state index contributed by atoms with van der Waals surface area (Å²) in [5, 5.41) is 15.9. The first-order valence-electron chi connectivity index (χ1n) is 7.96. The molecule has 8 nitrogen and oxygen atoms in total. The lowest BCUT2D eigenvalue weighted by Crippen LogP contribution is -2.09. The van der Waals surface area contributed by atoms with Crippen molar-refractivity contribution in [1.82, 2.24) is 35.0 Å². The molecule has 0 fully saturated rings. The maximum absolute atomic E-state index is 5.47. The molecule has 0 aliphatic carbocycles. The normalized spacial score (nSPS) is 11.2. The van der Waals surface area contributed by atoms with E-state index in [1.807, 2.05) is 28.9 Å². The zero-order chi connectivity index (χ0) is 16.9. The van der Waals surface area contributed by atoms with Crippen LogP contribution in [0.15, 0.2) is 30.6 Å². The Labute approximate surface area is 140 Å². The number of aromatic nitrogens is 7. The first-order valence-corrected chi connectivity index (χ1v) is 7.96. The van der Waals surface area contributed by atoms with E-state index in [0.29, 0.717) is 18.9 Å². The second kappa shape index (κ2) is 7.20. The molecule has 3 aromatic rings. The number of rotatable bonds is 7. The fraction of sp³-hybridized carbons (Fsp3) is 0.438. The summed E-state index contributed by atoms with van der Waals surface area (Å²) in [4.78, 5) is 4.72. The lowest BCUT2D eigenvalue weighted by molar-refractivity contribution is 0.411. The monoisotopic (exact) mass is 327 g/mol. The van der Waals surface area contributed by atoms with E-state index in [2.05, 4.69) is 29.4 Å². The standard InChI is InChI=1S/C16H21N7O/c1-12(2)10-15-18-16(8-9-22-11-17-20-21-22)23(19-15)13-6-4-5-7-14(13)24-3/h4-7,11-12H,8-10H2,1-3H3. The topological polar surface area (TPSA) is 83.5 Å². The van der Waals surface area contributed by atoms with E-state index in [9.17, 15) is 0 Å². The smallest absolute Gasteiger partial charge is 0.151 e. The first-order chi connectivity index (χ1) is 11.7. The Morgan fingerprint density at radius 1 is 1.21 bits per heavy atom. The number of methoxy groups -OCH3 is 1. The summed E-state index contributed by atoms with van der Waals surface area (Å²) in [5.74, 6) is 2.96. The highest BCUT2D eigenvalue weighted by Gasteiger charge is 2.15. The van der Waals surface area contributed by atoms with Crippen LogP contribution in [0.3, 0.4) is 0 Å². The van der Waals surface area contributed by atoms with Crippen molar-refractivity contribution in [3.63, 3.8) is 0 Å². The molecule has 0 bridgehead atoms. The average molecular weight is 327 g/mol. The molecule has 0 radical (unpaired) electrons. The van der Waals surface area contributed by atoms with Crippen LogP contribution in [0.5, 0.6) is 5.75 Å². The van der Waals surface area contributed by atoms with E-state index in [-0.39, 0.29) is 0 Å². The van der Waals surface area contributed by atoms with Crippen LogP contribution in [-0.2, 0) is 19.4 Å². The maximum Gasteiger partial charge on any atom is 0.151 e. The number of benzene rings is 1. The third-order valence-corrected chi connectivity index (χ3v) is 3.58. The molecule has 2 heterocycles. The Bertz CT molecular complexity index is 780. The van der Waals surface area contributed by atoms with Gasteiger partial charge in [0.1, 0.15) is 23.6 Å². The van der Waals surface area contributed by atoms with Crippen LogP contribution in [-0.4, -0.2) is 42.1 Å². The molecular formula is C16H21N7O. The minimum absolute atomic E-state index is 0.492. The molecule has 0 unspecified atom stereocenters. The lowest BCUT2D eigenvalue weighted by atomic mass is 10.1. The molecule has 0 saturated heterocycles. The summed E-state index contributed by atoms with van der Waals surface area (Å²) in [5.41, 5.74) is 0.884. The third kappa shape index (κ3) is 3.58. The van der Waals surface area contributed by atoms with Crippen molar-refractivity contribution in [1.29, 1.82) is 0 Å². The fourth-order valence-corrected chi connectivity index (χ4v) is 2.50. The highest BCUT2D eigenvalue weighted by molar-refractivity contribution is 5.46. The predicted molar refractivity (Wildman–Crippen MR) is 88.0 cm³/mol. The molecular weight excluding hydrogens is 306 g/mol. The summed E-state index contributed by atoms with van der Waals surface area (Å²) >= 11 is 0. The van der Waals surface area contributed by atoms with Crippen molar-refractivity contribution in [3.8, 4) is 11.4 Å². The summed E-state index contributed by atoms with van der Waals surface area (Å²) < 4.78 is 9.02. The van der Waals surface area contributed by atoms with E-state index in [1.165, 1.54) is 0 Å². The van der Waals surface area contributed by atoms with Crippen molar-refractivity contribution < 1.29 is 4.74 Å². The fourth-order valence-electron chi connectivity index (χ4n) is 2.50.